The first-order valence-electron chi connectivity index (χ1n) is 6.80. The van der Waals surface area contributed by atoms with Crippen LogP contribution in [0.4, 0.5) is 0 Å². The number of hydrogen-bond donors (Lipinski definition) is 1. The molecule has 0 heterocycles. The van der Waals surface area contributed by atoms with E-state index in [-0.39, 0.29) is 6.10 Å². The van der Waals surface area contributed by atoms with E-state index >= 15 is 0 Å². The van der Waals surface area contributed by atoms with Crippen LogP contribution >= 0.6 is 0 Å². The molecule has 1 nitrogen and oxygen atoms in total. The fourth-order valence-electron chi connectivity index (χ4n) is 2.34. The SMILES string of the molecule is C=CCCCCCC(O)CC1=CCCCC1. The molecule has 0 aromatic carbocycles. The van der Waals surface area contributed by atoms with Crippen molar-refractivity contribution in [3.63, 3.8) is 0 Å². The first-order chi connectivity index (χ1) is 7.83. The van der Waals surface area contributed by atoms with E-state index < -0.39 is 0 Å². The van der Waals surface area contributed by atoms with Gasteiger partial charge in [0.05, 0.1) is 6.10 Å². The van der Waals surface area contributed by atoms with Gasteiger partial charge in [0.15, 0.2) is 0 Å². The van der Waals surface area contributed by atoms with Crippen molar-refractivity contribution < 1.29 is 5.11 Å². The highest BCUT2D eigenvalue weighted by atomic mass is 16.3. The highest BCUT2D eigenvalue weighted by molar-refractivity contribution is 5.06. The van der Waals surface area contributed by atoms with Gasteiger partial charge in [-0.3, -0.25) is 0 Å². The van der Waals surface area contributed by atoms with E-state index in [9.17, 15) is 5.11 Å². The molecule has 16 heavy (non-hydrogen) atoms. The van der Waals surface area contributed by atoms with Crippen LogP contribution in [0.5, 0.6) is 0 Å². The minimum atomic E-state index is -0.104. The molecule has 0 radical (unpaired) electrons. The average Bonchev–Trinajstić information content (AvgIpc) is 2.30. The van der Waals surface area contributed by atoms with Crippen LogP contribution in [0.25, 0.3) is 0 Å². The van der Waals surface area contributed by atoms with Gasteiger partial charge in [-0.15, -0.1) is 6.58 Å². The highest BCUT2D eigenvalue weighted by Crippen LogP contribution is 2.22. The second-order valence-corrected chi connectivity index (χ2v) is 4.89. The summed E-state index contributed by atoms with van der Waals surface area (Å²) >= 11 is 0. The molecule has 0 fully saturated rings. The van der Waals surface area contributed by atoms with E-state index in [1.807, 2.05) is 6.08 Å². The fraction of sp³-hybridized carbons (Fsp3) is 0.733. The Bertz CT molecular complexity index is 217. The summed E-state index contributed by atoms with van der Waals surface area (Å²) in [6.07, 6.45) is 15.9. The molecule has 0 aromatic heterocycles. The van der Waals surface area contributed by atoms with Crippen molar-refractivity contribution >= 4 is 0 Å². The van der Waals surface area contributed by atoms with Crippen molar-refractivity contribution in [2.24, 2.45) is 0 Å². The molecule has 0 saturated heterocycles. The lowest BCUT2D eigenvalue weighted by molar-refractivity contribution is 0.159. The van der Waals surface area contributed by atoms with E-state index in [4.69, 9.17) is 0 Å². The Balaban J connectivity index is 2.03. The first kappa shape index (κ1) is 13.5. The number of hydrogen-bond acceptors (Lipinski definition) is 1. The van der Waals surface area contributed by atoms with Crippen LogP contribution in [0, 0.1) is 0 Å². The zero-order chi connectivity index (χ0) is 11.6. The zero-order valence-corrected chi connectivity index (χ0v) is 10.5. The Morgan fingerprint density at radius 1 is 1.31 bits per heavy atom. The molecule has 0 aromatic rings. The van der Waals surface area contributed by atoms with Gasteiger partial charge < -0.3 is 5.11 Å². The van der Waals surface area contributed by atoms with Crippen LogP contribution in [0.3, 0.4) is 0 Å². The third-order valence-electron chi connectivity index (χ3n) is 3.33. The first-order valence-corrected chi connectivity index (χ1v) is 6.80. The van der Waals surface area contributed by atoms with Crippen molar-refractivity contribution in [2.45, 2.75) is 70.3 Å². The third kappa shape index (κ3) is 6.12. The van der Waals surface area contributed by atoms with Crippen LogP contribution < -0.4 is 0 Å². The van der Waals surface area contributed by atoms with E-state index in [0.717, 1.165) is 25.7 Å². The summed E-state index contributed by atoms with van der Waals surface area (Å²) in [5.74, 6) is 0. The minimum absolute atomic E-state index is 0.104. The number of rotatable bonds is 8. The maximum Gasteiger partial charge on any atom is 0.0577 e. The number of aliphatic hydroxyl groups excluding tert-OH is 1. The molecule has 1 unspecified atom stereocenters. The molecular weight excluding hydrogens is 196 g/mol. The fourth-order valence-corrected chi connectivity index (χ4v) is 2.34. The van der Waals surface area contributed by atoms with Crippen LogP contribution in [-0.4, -0.2) is 11.2 Å². The van der Waals surface area contributed by atoms with Gasteiger partial charge in [0.1, 0.15) is 0 Å². The second kappa shape index (κ2) is 8.58. The summed E-state index contributed by atoms with van der Waals surface area (Å²) in [6.45, 7) is 3.71. The zero-order valence-electron chi connectivity index (χ0n) is 10.5. The average molecular weight is 222 g/mol. The third-order valence-corrected chi connectivity index (χ3v) is 3.33. The standard InChI is InChI=1S/C15H26O/c1-2-3-4-5-9-12-15(16)13-14-10-7-6-8-11-14/h2,10,15-16H,1,3-9,11-13H2. The lowest BCUT2D eigenvalue weighted by Gasteiger charge is -2.16. The monoisotopic (exact) mass is 222 g/mol. The molecule has 0 amide bonds. The van der Waals surface area contributed by atoms with E-state index in [0.29, 0.717) is 0 Å². The Morgan fingerprint density at radius 2 is 2.19 bits per heavy atom. The van der Waals surface area contributed by atoms with Crippen molar-refractivity contribution in [3.05, 3.63) is 24.3 Å². The smallest absolute Gasteiger partial charge is 0.0577 e. The van der Waals surface area contributed by atoms with Crippen LogP contribution in [0.1, 0.15) is 64.2 Å². The quantitative estimate of drug-likeness (QED) is 0.477. The van der Waals surface area contributed by atoms with E-state index in [1.54, 1.807) is 0 Å². The normalized spacial score (nSPS) is 17.9. The molecule has 0 saturated carbocycles. The van der Waals surface area contributed by atoms with Crippen LogP contribution in [0.15, 0.2) is 24.3 Å². The topological polar surface area (TPSA) is 20.2 Å². The molecule has 1 aliphatic carbocycles. The van der Waals surface area contributed by atoms with Crippen LogP contribution in [-0.2, 0) is 0 Å². The van der Waals surface area contributed by atoms with Crippen molar-refractivity contribution in [1.82, 2.24) is 0 Å². The summed E-state index contributed by atoms with van der Waals surface area (Å²) in [5.41, 5.74) is 1.49. The Hall–Kier alpha value is -0.560. The maximum absolute atomic E-state index is 9.90. The molecule has 1 N–H and O–H groups in total. The van der Waals surface area contributed by atoms with Gasteiger partial charge in [-0.05, 0) is 51.4 Å². The van der Waals surface area contributed by atoms with Gasteiger partial charge in [0.2, 0.25) is 0 Å². The molecule has 1 rings (SSSR count). The predicted molar refractivity (Wildman–Crippen MR) is 70.5 cm³/mol. The van der Waals surface area contributed by atoms with Crippen molar-refractivity contribution in [3.8, 4) is 0 Å². The van der Waals surface area contributed by atoms with Gasteiger partial charge >= 0.3 is 0 Å². The molecule has 1 aliphatic rings. The van der Waals surface area contributed by atoms with Crippen molar-refractivity contribution in [2.75, 3.05) is 0 Å². The van der Waals surface area contributed by atoms with Gasteiger partial charge in [0, 0.05) is 0 Å². The van der Waals surface area contributed by atoms with E-state index in [2.05, 4.69) is 12.7 Å². The molecule has 1 atom stereocenters. The largest absolute Gasteiger partial charge is 0.393 e. The maximum atomic E-state index is 9.90. The minimum Gasteiger partial charge on any atom is -0.393 e. The Morgan fingerprint density at radius 3 is 2.88 bits per heavy atom. The molecule has 0 spiro atoms. The number of allylic oxidation sites excluding steroid dienone is 2. The lowest BCUT2D eigenvalue weighted by Crippen LogP contribution is -2.08. The lowest BCUT2D eigenvalue weighted by atomic mass is 9.93. The predicted octanol–water partition coefficient (Wildman–Crippen LogP) is 4.37. The van der Waals surface area contributed by atoms with Crippen molar-refractivity contribution in [1.29, 1.82) is 0 Å². The summed E-state index contributed by atoms with van der Waals surface area (Å²) in [7, 11) is 0. The van der Waals surface area contributed by atoms with E-state index in [1.165, 1.54) is 44.1 Å². The highest BCUT2D eigenvalue weighted by Gasteiger charge is 2.09. The Labute approximate surface area is 100 Å². The summed E-state index contributed by atoms with van der Waals surface area (Å²) in [6, 6.07) is 0. The molecular formula is C15H26O. The summed E-state index contributed by atoms with van der Waals surface area (Å²) < 4.78 is 0. The van der Waals surface area contributed by atoms with Gasteiger partial charge in [-0.1, -0.05) is 30.6 Å². The van der Waals surface area contributed by atoms with Gasteiger partial charge in [-0.25, -0.2) is 0 Å². The number of unbranched alkanes of at least 4 members (excludes halogenated alkanes) is 3. The summed E-state index contributed by atoms with van der Waals surface area (Å²) in [5, 5.41) is 9.90. The summed E-state index contributed by atoms with van der Waals surface area (Å²) in [4.78, 5) is 0. The molecule has 0 aliphatic heterocycles. The second-order valence-electron chi connectivity index (χ2n) is 4.89. The molecule has 0 bridgehead atoms. The van der Waals surface area contributed by atoms with Crippen LogP contribution in [0.2, 0.25) is 0 Å². The Kier molecular flexibility index (Phi) is 7.24. The molecule has 1 heteroatoms. The molecule has 92 valence electrons. The van der Waals surface area contributed by atoms with Gasteiger partial charge in [-0.2, -0.15) is 0 Å². The van der Waals surface area contributed by atoms with Gasteiger partial charge in [0.25, 0.3) is 0 Å². The number of aliphatic hydroxyl groups is 1.